The number of hydrogen-bond donors (Lipinski definition) is 1. The standard InChI is InChI=1S/C14H13N3O/c1-2-17-12-6-4-3-5-11(12)16-14(17)10-7-8-15-9-13(10)18/h3-9,18H,2H2,1H3. The van der Waals surface area contributed by atoms with Gasteiger partial charge in [-0.3, -0.25) is 4.98 Å². The number of para-hydroxylation sites is 2. The van der Waals surface area contributed by atoms with Crippen molar-refractivity contribution in [2.45, 2.75) is 13.5 Å². The molecule has 18 heavy (non-hydrogen) atoms. The van der Waals surface area contributed by atoms with E-state index in [1.165, 1.54) is 6.20 Å². The molecule has 0 bridgehead atoms. The fourth-order valence-electron chi connectivity index (χ4n) is 2.18. The molecule has 3 aromatic rings. The summed E-state index contributed by atoms with van der Waals surface area (Å²) < 4.78 is 2.09. The van der Waals surface area contributed by atoms with Crippen molar-refractivity contribution in [1.29, 1.82) is 0 Å². The van der Waals surface area contributed by atoms with Crippen LogP contribution in [-0.4, -0.2) is 19.6 Å². The Morgan fingerprint density at radius 1 is 1.22 bits per heavy atom. The van der Waals surface area contributed by atoms with Crippen LogP contribution in [0.1, 0.15) is 6.92 Å². The van der Waals surface area contributed by atoms with Crippen molar-refractivity contribution >= 4 is 11.0 Å². The van der Waals surface area contributed by atoms with Crippen LogP contribution in [0, 0.1) is 0 Å². The number of fused-ring (bicyclic) bond motifs is 1. The molecule has 90 valence electrons. The van der Waals surface area contributed by atoms with E-state index in [-0.39, 0.29) is 5.75 Å². The quantitative estimate of drug-likeness (QED) is 0.748. The predicted molar refractivity (Wildman–Crippen MR) is 70.3 cm³/mol. The van der Waals surface area contributed by atoms with Gasteiger partial charge >= 0.3 is 0 Å². The second-order valence-electron chi connectivity index (χ2n) is 4.06. The van der Waals surface area contributed by atoms with Crippen LogP contribution in [0.4, 0.5) is 0 Å². The summed E-state index contributed by atoms with van der Waals surface area (Å²) in [6.07, 6.45) is 3.10. The van der Waals surface area contributed by atoms with E-state index in [4.69, 9.17) is 0 Å². The molecule has 0 aliphatic rings. The van der Waals surface area contributed by atoms with Crippen LogP contribution in [0.3, 0.4) is 0 Å². The summed E-state index contributed by atoms with van der Waals surface area (Å²) in [6, 6.07) is 9.75. The topological polar surface area (TPSA) is 50.9 Å². The molecule has 2 aromatic heterocycles. The molecule has 3 rings (SSSR count). The van der Waals surface area contributed by atoms with E-state index < -0.39 is 0 Å². The second kappa shape index (κ2) is 4.14. The van der Waals surface area contributed by atoms with E-state index >= 15 is 0 Å². The Balaban J connectivity index is 2.32. The molecule has 0 radical (unpaired) electrons. The number of imidazole rings is 1. The first-order valence-corrected chi connectivity index (χ1v) is 5.90. The van der Waals surface area contributed by atoms with Crippen LogP contribution >= 0.6 is 0 Å². The molecule has 4 heteroatoms. The molecule has 0 aliphatic carbocycles. The maximum absolute atomic E-state index is 9.89. The van der Waals surface area contributed by atoms with E-state index in [1.807, 2.05) is 24.3 Å². The number of nitrogens with zero attached hydrogens (tertiary/aromatic N) is 3. The van der Waals surface area contributed by atoms with Gasteiger partial charge in [0.25, 0.3) is 0 Å². The number of hydrogen-bond acceptors (Lipinski definition) is 3. The van der Waals surface area contributed by atoms with Crippen LogP contribution in [-0.2, 0) is 6.54 Å². The van der Waals surface area contributed by atoms with Gasteiger partial charge in [-0.2, -0.15) is 0 Å². The number of aryl methyl sites for hydroxylation is 1. The highest BCUT2D eigenvalue weighted by molar-refractivity contribution is 5.81. The highest BCUT2D eigenvalue weighted by Crippen LogP contribution is 2.30. The lowest BCUT2D eigenvalue weighted by molar-refractivity contribution is 0.474. The molecule has 0 amide bonds. The summed E-state index contributed by atoms with van der Waals surface area (Å²) in [5.74, 6) is 0.932. The average Bonchev–Trinajstić information content (AvgIpc) is 2.77. The molecular formula is C14H13N3O. The number of benzene rings is 1. The van der Waals surface area contributed by atoms with Gasteiger partial charge in [-0.25, -0.2) is 4.98 Å². The van der Waals surface area contributed by atoms with Gasteiger partial charge in [-0.05, 0) is 25.1 Å². The molecule has 1 aromatic carbocycles. The lowest BCUT2D eigenvalue weighted by Crippen LogP contribution is -1.97. The minimum absolute atomic E-state index is 0.155. The maximum atomic E-state index is 9.89. The van der Waals surface area contributed by atoms with Gasteiger partial charge in [-0.15, -0.1) is 0 Å². The first-order chi connectivity index (χ1) is 8.81. The van der Waals surface area contributed by atoms with Crippen LogP contribution in [0.25, 0.3) is 22.4 Å². The SMILES string of the molecule is CCn1c(-c2ccncc2O)nc2ccccc21. The summed E-state index contributed by atoms with van der Waals surface area (Å²) >= 11 is 0. The average molecular weight is 239 g/mol. The molecule has 0 spiro atoms. The molecule has 2 heterocycles. The number of aromatic nitrogens is 3. The van der Waals surface area contributed by atoms with E-state index in [0.29, 0.717) is 5.56 Å². The maximum Gasteiger partial charge on any atom is 0.144 e. The van der Waals surface area contributed by atoms with E-state index in [1.54, 1.807) is 12.3 Å². The van der Waals surface area contributed by atoms with Crippen molar-refractivity contribution in [3.8, 4) is 17.1 Å². The van der Waals surface area contributed by atoms with Gasteiger partial charge in [0, 0.05) is 12.7 Å². The van der Waals surface area contributed by atoms with Gasteiger partial charge in [0.2, 0.25) is 0 Å². The Morgan fingerprint density at radius 2 is 2.06 bits per heavy atom. The minimum Gasteiger partial charge on any atom is -0.506 e. The second-order valence-corrected chi connectivity index (χ2v) is 4.06. The Labute approximate surface area is 105 Å². The first kappa shape index (κ1) is 10.8. The highest BCUT2D eigenvalue weighted by Gasteiger charge is 2.13. The number of aromatic hydroxyl groups is 1. The molecular weight excluding hydrogens is 226 g/mol. The zero-order valence-electron chi connectivity index (χ0n) is 10.0. The molecule has 0 saturated heterocycles. The smallest absolute Gasteiger partial charge is 0.144 e. The van der Waals surface area contributed by atoms with Crippen molar-refractivity contribution in [2.75, 3.05) is 0 Å². The van der Waals surface area contributed by atoms with Crippen LogP contribution in [0.15, 0.2) is 42.7 Å². The highest BCUT2D eigenvalue weighted by atomic mass is 16.3. The Morgan fingerprint density at radius 3 is 2.83 bits per heavy atom. The van der Waals surface area contributed by atoms with Crippen LogP contribution < -0.4 is 0 Å². The lowest BCUT2D eigenvalue weighted by Gasteiger charge is -2.06. The molecule has 0 fully saturated rings. The number of rotatable bonds is 2. The lowest BCUT2D eigenvalue weighted by atomic mass is 10.2. The van der Waals surface area contributed by atoms with Gasteiger partial charge in [0.1, 0.15) is 11.6 Å². The molecule has 0 aliphatic heterocycles. The van der Waals surface area contributed by atoms with Gasteiger partial charge in [0.05, 0.1) is 22.8 Å². The zero-order chi connectivity index (χ0) is 12.5. The van der Waals surface area contributed by atoms with E-state index in [0.717, 1.165) is 23.4 Å². The molecule has 0 saturated carbocycles. The minimum atomic E-state index is 0.155. The van der Waals surface area contributed by atoms with Crippen LogP contribution in [0.2, 0.25) is 0 Å². The molecule has 1 N–H and O–H groups in total. The molecule has 4 nitrogen and oxygen atoms in total. The third-order valence-corrected chi connectivity index (χ3v) is 3.01. The van der Waals surface area contributed by atoms with Crippen molar-refractivity contribution in [3.05, 3.63) is 42.7 Å². The summed E-state index contributed by atoms with van der Waals surface area (Å²) in [6.45, 7) is 2.87. The van der Waals surface area contributed by atoms with Crippen molar-refractivity contribution < 1.29 is 5.11 Å². The Bertz CT molecular complexity index is 703. The first-order valence-electron chi connectivity index (χ1n) is 5.90. The fourth-order valence-corrected chi connectivity index (χ4v) is 2.18. The normalized spacial score (nSPS) is 10.9. The van der Waals surface area contributed by atoms with Crippen molar-refractivity contribution in [3.63, 3.8) is 0 Å². The van der Waals surface area contributed by atoms with Gasteiger partial charge in [-0.1, -0.05) is 12.1 Å². The van der Waals surface area contributed by atoms with E-state index in [9.17, 15) is 5.11 Å². The van der Waals surface area contributed by atoms with Gasteiger partial charge < -0.3 is 9.67 Å². The summed E-state index contributed by atoms with van der Waals surface area (Å²) in [7, 11) is 0. The zero-order valence-corrected chi connectivity index (χ0v) is 10.0. The summed E-state index contributed by atoms with van der Waals surface area (Å²) in [5.41, 5.74) is 2.72. The third kappa shape index (κ3) is 1.54. The summed E-state index contributed by atoms with van der Waals surface area (Å²) in [5, 5.41) is 9.89. The Kier molecular flexibility index (Phi) is 2.48. The largest absolute Gasteiger partial charge is 0.506 e. The molecule has 0 atom stereocenters. The predicted octanol–water partition coefficient (Wildman–Crippen LogP) is 2.82. The Hall–Kier alpha value is -2.36. The van der Waals surface area contributed by atoms with Crippen molar-refractivity contribution in [2.24, 2.45) is 0 Å². The molecule has 0 unspecified atom stereocenters. The third-order valence-electron chi connectivity index (χ3n) is 3.01. The fraction of sp³-hybridized carbons (Fsp3) is 0.143. The summed E-state index contributed by atoms with van der Waals surface area (Å²) in [4.78, 5) is 8.48. The van der Waals surface area contributed by atoms with Crippen molar-refractivity contribution in [1.82, 2.24) is 14.5 Å². The monoisotopic (exact) mass is 239 g/mol. The van der Waals surface area contributed by atoms with Crippen LogP contribution in [0.5, 0.6) is 5.75 Å². The van der Waals surface area contributed by atoms with Gasteiger partial charge in [0.15, 0.2) is 0 Å². The van der Waals surface area contributed by atoms with E-state index in [2.05, 4.69) is 21.5 Å². The number of pyridine rings is 1.